The Morgan fingerprint density at radius 1 is 0.862 bits per heavy atom. The second kappa shape index (κ2) is 7.73. The number of nitrogens with zero attached hydrogens (tertiary/aromatic N) is 1. The van der Waals surface area contributed by atoms with Crippen molar-refractivity contribution in [2.24, 2.45) is 0 Å². The summed E-state index contributed by atoms with van der Waals surface area (Å²) in [5.74, 6) is 0. The van der Waals surface area contributed by atoms with E-state index >= 15 is 0 Å². The zero-order valence-electron chi connectivity index (χ0n) is 16.4. The van der Waals surface area contributed by atoms with E-state index < -0.39 is 10.0 Å². The van der Waals surface area contributed by atoms with E-state index in [4.69, 9.17) is 0 Å². The van der Waals surface area contributed by atoms with Crippen LogP contribution in [0.4, 0.5) is 5.69 Å². The number of rotatable bonds is 6. The molecule has 5 nitrogen and oxygen atoms in total. The molecular formula is C23H23N3O2S. The molecular weight excluding hydrogens is 382 g/mol. The molecule has 0 spiro atoms. The summed E-state index contributed by atoms with van der Waals surface area (Å²) in [6.07, 6.45) is 0. The molecule has 29 heavy (non-hydrogen) atoms. The van der Waals surface area contributed by atoms with Crippen molar-refractivity contribution in [2.75, 3.05) is 19.0 Å². The maximum atomic E-state index is 12.6. The Labute approximate surface area is 171 Å². The number of hydrogen-bond acceptors (Lipinski definition) is 3. The van der Waals surface area contributed by atoms with Crippen LogP contribution in [0.25, 0.3) is 22.0 Å². The van der Waals surface area contributed by atoms with E-state index in [2.05, 4.69) is 38.9 Å². The fraction of sp³-hybridized carbons (Fsp3) is 0.130. The SMILES string of the molecule is CN(C)c1ccc(-c2ccc(CNS(=O)(=O)c3cc4ccccc4[nH]3)cc2)cc1. The molecule has 0 fully saturated rings. The zero-order valence-corrected chi connectivity index (χ0v) is 17.2. The number of sulfonamides is 1. The Bertz CT molecular complexity index is 1190. The Kier molecular flexibility index (Phi) is 5.13. The van der Waals surface area contributed by atoms with Gasteiger partial charge in [0.05, 0.1) is 0 Å². The molecule has 4 rings (SSSR count). The lowest BCUT2D eigenvalue weighted by molar-refractivity contribution is 0.578. The molecule has 0 aliphatic heterocycles. The molecule has 2 N–H and O–H groups in total. The van der Waals surface area contributed by atoms with Gasteiger partial charge < -0.3 is 9.88 Å². The van der Waals surface area contributed by atoms with Crippen LogP contribution < -0.4 is 9.62 Å². The average molecular weight is 406 g/mol. The lowest BCUT2D eigenvalue weighted by Crippen LogP contribution is -2.23. The molecule has 4 aromatic rings. The Hall–Kier alpha value is -3.09. The molecule has 1 heterocycles. The van der Waals surface area contributed by atoms with Gasteiger partial charge in [0.25, 0.3) is 10.0 Å². The number of fused-ring (bicyclic) bond motifs is 1. The maximum Gasteiger partial charge on any atom is 0.256 e. The Morgan fingerprint density at radius 2 is 1.48 bits per heavy atom. The van der Waals surface area contributed by atoms with E-state index in [0.717, 1.165) is 33.3 Å². The summed E-state index contributed by atoms with van der Waals surface area (Å²) in [7, 11) is 0.423. The van der Waals surface area contributed by atoms with Gasteiger partial charge in [-0.3, -0.25) is 0 Å². The first-order chi connectivity index (χ1) is 13.9. The number of anilines is 1. The predicted molar refractivity (Wildman–Crippen MR) is 119 cm³/mol. The minimum absolute atomic E-state index is 0.177. The van der Waals surface area contributed by atoms with E-state index in [0.29, 0.717) is 0 Å². The molecule has 0 saturated carbocycles. The highest BCUT2D eigenvalue weighted by Gasteiger charge is 2.16. The van der Waals surface area contributed by atoms with Gasteiger partial charge in [0.15, 0.2) is 0 Å². The highest BCUT2D eigenvalue weighted by molar-refractivity contribution is 7.89. The van der Waals surface area contributed by atoms with E-state index in [9.17, 15) is 8.42 Å². The summed E-state index contributed by atoms with van der Waals surface area (Å²) >= 11 is 0. The molecule has 0 unspecified atom stereocenters. The Balaban J connectivity index is 1.45. The van der Waals surface area contributed by atoms with Crippen molar-refractivity contribution in [3.63, 3.8) is 0 Å². The van der Waals surface area contributed by atoms with E-state index in [1.165, 1.54) is 0 Å². The molecule has 0 bridgehead atoms. The van der Waals surface area contributed by atoms with Crippen LogP contribution in [0.15, 0.2) is 83.9 Å². The molecule has 148 valence electrons. The minimum Gasteiger partial charge on any atom is -0.378 e. The Morgan fingerprint density at radius 3 is 2.10 bits per heavy atom. The lowest BCUT2D eigenvalue weighted by atomic mass is 10.0. The quantitative estimate of drug-likeness (QED) is 0.500. The van der Waals surface area contributed by atoms with Gasteiger partial charge >= 0.3 is 0 Å². The van der Waals surface area contributed by atoms with Crippen molar-refractivity contribution in [3.05, 3.63) is 84.4 Å². The van der Waals surface area contributed by atoms with Crippen molar-refractivity contribution in [1.82, 2.24) is 9.71 Å². The number of H-pyrrole nitrogens is 1. The number of aromatic nitrogens is 1. The molecule has 3 aromatic carbocycles. The fourth-order valence-corrected chi connectivity index (χ4v) is 4.25. The average Bonchev–Trinajstić information content (AvgIpc) is 3.18. The molecule has 1 aromatic heterocycles. The van der Waals surface area contributed by atoms with Crippen LogP contribution in [-0.4, -0.2) is 27.5 Å². The summed E-state index contributed by atoms with van der Waals surface area (Å²) in [4.78, 5) is 5.02. The number of para-hydroxylation sites is 1. The molecule has 0 aliphatic carbocycles. The van der Waals surface area contributed by atoms with Crippen molar-refractivity contribution in [3.8, 4) is 11.1 Å². The fourth-order valence-electron chi connectivity index (χ4n) is 3.21. The van der Waals surface area contributed by atoms with Crippen molar-refractivity contribution in [2.45, 2.75) is 11.6 Å². The number of benzene rings is 3. The van der Waals surface area contributed by atoms with Gasteiger partial charge in [-0.25, -0.2) is 13.1 Å². The van der Waals surface area contributed by atoms with Crippen LogP contribution in [0.5, 0.6) is 0 Å². The first-order valence-electron chi connectivity index (χ1n) is 9.36. The third-order valence-electron chi connectivity index (χ3n) is 4.93. The largest absolute Gasteiger partial charge is 0.378 e. The smallest absolute Gasteiger partial charge is 0.256 e. The molecule has 0 aliphatic rings. The van der Waals surface area contributed by atoms with Gasteiger partial charge in [-0.1, -0.05) is 54.6 Å². The summed E-state index contributed by atoms with van der Waals surface area (Å²) in [6.45, 7) is 0.234. The summed E-state index contributed by atoms with van der Waals surface area (Å²) in [6, 6.07) is 25.4. The standard InChI is InChI=1S/C23H23N3O2S/c1-26(2)21-13-11-19(12-14-21)18-9-7-17(8-10-18)16-24-29(27,28)23-15-20-5-3-4-6-22(20)25-23/h3-15,24-25H,16H2,1-2H3. The van der Waals surface area contributed by atoms with Gasteiger partial charge in [0.2, 0.25) is 0 Å². The summed E-state index contributed by atoms with van der Waals surface area (Å²) in [5.41, 5.74) is 5.07. The van der Waals surface area contributed by atoms with E-state index in [1.807, 2.05) is 62.6 Å². The highest BCUT2D eigenvalue weighted by atomic mass is 32.2. The predicted octanol–water partition coefficient (Wildman–Crippen LogP) is 4.38. The maximum absolute atomic E-state index is 12.6. The molecule has 0 atom stereocenters. The first-order valence-corrected chi connectivity index (χ1v) is 10.8. The molecule has 0 amide bonds. The van der Waals surface area contributed by atoms with Crippen LogP contribution in [0.3, 0.4) is 0 Å². The summed E-state index contributed by atoms with van der Waals surface area (Å²) in [5, 5.41) is 1.05. The third kappa shape index (κ3) is 4.18. The minimum atomic E-state index is -3.61. The van der Waals surface area contributed by atoms with Crippen molar-refractivity contribution >= 4 is 26.6 Å². The lowest BCUT2D eigenvalue weighted by Gasteiger charge is -2.13. The summed E-state index contributed by atoms with van der Waals surface area (Å²) < 4.78 is 27.9. The van der Waals surface area contributed by atoms with Crippen LogP contribution >= 0.6 is 0 Å². The number of nitrogens with one attached hydrogen (secondary N) is 2. The van der Waals surface area contributed by atoms with Gasteiger partial charge in [-0.2, -0.15) is 0 Å². The number of hydrogen-bond donors (Lipinski definition) is 2. The van der Waals surface area contributed by atoms with E-state index in [-0.39, 0.29) is 11.6 Å². The monoisotopic (exact) mass is 405 g/mol. The van der Waals surface area contributed by atoms with Gasteiger partial charge in [-0.05, 0) is 41.0 Å². The second-order valence-corrected chi connectivity index (χ2v) is 8.92. The topological polar surface area (TPSA) is 65.2 Å². The highest BCUT2D eigenvalue weighted by Crippen LogP contribution is 2.23. The van der Waals surface area contributed by atoms with Gasteiger partial charge in [0.1, 0.15) is 5.03 Å². The third-order valence-corrected chi connectivity index (χ3v) is 6.26. The zero-order chi connectivity index (χ0) is 20.4. The van der Waals surface area contributed by atoms with Crippen LogP contribution in [0, 0.1) is 0 Å². The van der Waals surface area contributed by atoms with Crippen LogP contribution in [-0.2, 0) is 16.6 Å². The first kappa shape index (κ1) is 19.2. The van der Waals surface area contributed by atoms with E-state index in [1.54, 1.807) is 6.07 Å². The van der Waals surface area contributed by atoms with Crippen LogP contribution in [0.2, 0.25) is 0 Å². The molecule has 0 radical (unpaired) electrons. The second-order valence-electron chi connectivity index (χ2n) is 7.18. The normalized spacial score (nSPS) is 11.7. The van der Waals surface area contributed by atoms with Gasteiger partial charge in [0, 0.05) is 37.2 Å². The van der Waals surface area contributed by atoms with Crippen LogP contribution in [0.1, 0.15) is 5.56 Å². The van der Waals surface area contributed by atoms with Crippen molar-refractivity contribution < 1.29 is 8.42 Å². The number of aromatic amines is 1. The molecule has 6 heteroatoms. The van der Waals surface area contributed by atoms with Gasteiger partial charge in [-0.15, -0.1) is 0 Å². The van der Waals surface area contributed by atoms with Crippen molar-refractivity contribution in [1.29, 1.82) is 0 Å². The molecule has 0 saturated heterocycles.